The fraction of sp³-hybridized carbons (Fsp3) is 0. The van der Waals surface area contributed by atoms with Crippen LogP contribution in [0.15, 0.2) is 250 Å². The molecule has 0 saturated heterocycles. The van der Waals surface area contributed by atoms with Crippen LogP contribution in [-0.2, 0) is 0 Å². The predicted molar refractivity (Wildman–Crippen MR) is 241 cm³/mol. The van der Waals surface area contributed by atoms with E-state index in [0.29, 0.717) is 0 Å². The molecule has 57 heavy (non-hydrogen) atoms. The summed E-state index contributed by atoms with van der Waals surface area (Å²) in [5.74, 6) is 0. The number of fused-ring (bicyclic) bond motifs is 6. The minimum atomic E-state index is -1.89. The van der Waals surface area contributed by atoms with Crippen LogP contribution >= 0.6 is 10.0 Å². The number of benzene rings is 9. The maximum absolute atomic E-state index is 2.43. The van der Waals surface area contributed by atoms with Crippen molar-refractivity contribution in [3.8, 4) is 22.5 Å². The second-order valence-corrected chi connectivity index (χ2v) is 17.7. The monoisotopic (exact) mass is 746 g/mol. The highest BCUT2D eigenvalue weighted by atomic mass is 32.3. The zero-order chi connectivity index (χ0) is 37.8. The maximum atomic E-state index is 2.43. The largest absolute Gasteiger partial charge is 0.309 e. The van der Waals surface area contributed by atoms with E-state index in [1.165, 1.54) is 74.3 Å². The Labute approximate surface area is 333 Å². The molecule has 11 aromatic rings. The van der Waals surface area contributed by atoms with Crippen LogP contribution in [-0.4, -0.2) is 9.13 Å². The quantitative estimate of drug-likeness (QED) is 0.154. The molecule has 11 rings (SSSR count). The van der Waals surface area contributed by atoms with Crippen LogP contribution in [0.4, 0.5) is 0 Å². The first-order valence-electron chi connectivity index (χ1n) is 19.5. The van der Waals surface area contributed by atoms with Crippen molar-refractivity contribution in [2.75, 3.05) is 0 Å². The molecule has 2 nitrogen and oxygen atoms in total. The van der Waals surface area contributed by atoms with E-state index in [-0.39, 0.29) is 0 Å². The van der Waals surface area contributed by atoms with Crippen molar-refractivity contribution < 1.29 is 0 Å². The predicted octanol–water partition coefficient (Wildman–Crippen LogP) is 14.9. The first-order chi connectivity index (χ1) is 28.3. The van der Waals surface area contributed by atoms with Crippen molar-refractivity contribution >= 4 is 53.6 Å². The van der Waals surface area contributed by atoms with Gasteiger partial charge in [-0.25, -0.2) is 0 Å². The molecule has 0 bridgehead atoms. The van der Waals surface area contributed by atoms with Gasteiger partial charge in [-0.05, 0) is 108 Å². The molecule has 0 aliphatic carbocycles. The molecule has 0 atom stereocenters. The Morgan fingerprint density at radius 2 is 0.649 bits per heavy atom. The van der Waals surface area contributed by atoms with Gasteiger partial charge in [-0.15, -0.1) is 10.0 Å². The van der Waals surface area contributed by atoms with Gasteiger partial charge in [0.25, 0.3) is 0 Å². The molecule has 0 N–H and O–H groups in total. The Kier molecular flexibility index (Phi) is 7.94. The lowest BCUT2D eigenvalue weighted by molar-refractivity contribution is 1.15. The fourth-order valence-corrected chi connectivity index (χ4v) is 12.8. The molecule has 0 radical (unpaired) electrons. The number of nitrogens with zero attached hydrogens (tertiary/aromatic N) is 2. The summed E-state index contributed by atoms with van der Waals surface area (Å²) in [6, 6.07) is 84.8. The molecular weight excluding hydrogens is 709 g/mol. The van der Waals surface area contributed by atoms with Gasteiger partial charge in [0, 0.05) is 52.5 Å². The van der Waals surface area contributed by atoms with Gasteiger partial charge < -0.3 is 9.13 Å². The number of aromatic nitrogens is 2. The Hall–Kier alpha value is -7.07. The zero-order valence-corrected chi connectivity index (χ0v) is 32.1. The van der Waals surface area contributed by atoms with E-state index in [9.17, 15) is 0 Å². The van der Waals surface area contributed by atoms with Crippen LogP contribution in [0.5, 0.6) is 0 Å². The highest BCUT2D eigenvalue weighted by Crippen LogP contribution is 2.73. The van der Waals surface area contributed by atoms with Gasteiger partial charge in [-0.1, -0.05) is 133 Å². The van der Waals surface area contributed by atoms with Crippen molar-refractivity contribution in [3.05, 3.63) is 231 Å². The molecule has 2 heterocycles. The van der Waals surface area contributed by atoms with Crippen LogP contribution in [0, 0.1) is 0 Å². The van der Waals surface area contributed by atoms with Gasteiger partial charge in [-0.2, -0.15) is 0 Å². The van der Waals surface area contributed by atoms with Crippen LogP contribution in [0.1, 0.15) is 0 Å². The second kappa shape index (κ2) is 13.6. The first-order valence-corrected chi connectivity index (χ1v) is 21.1. The molecular formula is C54H38N2S. The highest BCUT2D eigenvalue weighted by Gasteiger charge is 2.33. The van der Waals surface area contributed by atoms with Crippen molar-refractivity contribution in [2.24, 2.45) is 0 Å². The summed E-state index contributed by atoms with van der Waals surface area (Å²) in [6.07, 6.45) is 0. The Bertz CT molecular complexity index is 3120. The molecule has 3 heteroatoms. The number of hydrogen-bond donors (Lipinski definition) is 0. The SMILES string of the molecule is c1ccc(-c2cccc(S(c3ccccc3)(c3ccccc3)c3ccc(-n4c5ccccc5c5cc(-n6c7ccccc7c7ccccc76)ccc54)cc3)c2)cc1. The molecule has 0 amide bonds. The third kappa shape index (κ3) is 5.28. The molecule has 0 spiro atoms. The van der Waals surface area contributed by atoms with E-state index in [2.05, 4.69) is 240 Å². The smallest absolute Gasteiger partial charge is 0.0542 e. The summed E-state index contributed by atoms with van der Waals surface area (Å²) >= 11 is 0. The molecule has 0 aliphatic rings. The molecule has 270 valence electrons. The molecule has 0 unspecified atom stereocenters. The number of rotatable bonds is 7. The van der Waals surface area contributed by atoms with E-state index in [0.717, 1.165) is 11.4 Å². The minimum absolute atomic E-state index is 1.14. The van der Waals surface area contributed by atoms with E-state index >= 15 is 0 Å². The Balaban J connectivity index is 1.11. The lowest BCUT2D eigenvalue weighted by Gasteiger charge is -2.42. The Morgan fingerprint density at radius 3 is 1.23 bits per heavy atom. The van der Waals surface area contributed by atoms with Crippen molar-refractivity contribution in [3.63, 3.8) is 0 Å². The standard InChI is InChI=1S/C54H38N2S/c1-4-17-39(18-5-1)40-19-16-24-46(37-40)57(43-20-6-2-7-21-43,44-22-8-3-9-23-44)45-34-31-41(32-35-45)55-53-30-15-12-27-49(53)50-38-42(33-36-54(50)55)56-51-28-13-10-25-47(51)48-26-11-14-29-52(48)56/h1-38H. The van der Waals surface area contributed by atoms with Gasteiger partial charge in [0.15, 0.2) is 0 Å². The third-order valence-electron chi connectivity index (χ3n) is 11.4. The fourth-order valence-electron chi connectivity index (χ4n) is 8.94. The second-order valence-electron chi connectivity index (χ2n) is 14.5. The average molecular weight is 747 g/mol. The number of para-hydroxylation sites is 3. The molecule has 0 aliphatic heterocycles. The lowest BCUT2D eigenvalue weighted by atomic mass is 10.1. The van der Waals surface area contributed by atoms with Crippen LogP contribution in [0.3, 0.4) is 0 Å². The van der Waals surface area contributed by atoms with Crippen molar-refractivity contribution in [1.29, 1.82) is 0 Å². The third-order valence-corrected chi connectivity index (χ3v) is 15.3. The lowest BCUT2D eigenvalue weighted by Crippen LogP contribution is -2.06. The van der Waals surface area contributed by atoms with Crippen molar-refractivity contribution in [2.45, 2.75) is 19.6 Å². The van der Waals surface area contributed by atoms with Crippen molar-refractivity contribution in [1.82, 2.24) is 9.13 Å². The topological polar surface area (TPSA) is 9.86 Å². The average Bonchev–Trinajstić information content (AvgIpc) is 3.81. The van der Waals surface area contributed by atoms with Gasteiger partial charge in [0.1, 0.15) is 0 Å². The highest BCUT2D eigenvalue weighted by molar-refractivity contribution is 8.34. The molecule has 2 aromatic heterocycles. The normalized spacial score (nSPS) is 12.1. The van der Waals surface area contributed by atoms with E-state index in [1.807, 2.05) is 0 Å². The summed E-state index contributed by atoms with van der Waals surface area (Å²) in [7, 11) is -1.89. The van der Waals surface area contributed by atoms with E-state index in [4.69, 9.17) is 0 Å². The van der Waals surface area contributed by atoms with Crippen LogP contribution in [0.25, 0.3) is 66.1 Å². The summed E-state index contributed by atoms with van der Waals surface area (Å²) in [4.78, 5) is 5.22. The molecule has 0 fully saturated rings. The Morgan fingerprint density at radius 1 is 0.246 bits per heavy atom. The summed E-state index contributed by atoms with van der Waals surface area (Å²) in [5.41, 5.74) is 9.56. The summed E-state index contributed by atoms with van der Waals surface area (Å²) in [5, 5.41) is 5.02. The summed E-state index contributed by atoms with van der Waals surface area (Å²) < 4.78 is 4.84. The molecule has 9 aromatic carbocycles. The van der Waals surface area contributed by atoms with Crippen LogP contribution in [0.2, 0.25) is 0 Å². The van der Waals surface area contributed by atoms with Gasteiger partial charge in [0.2, 0.25) is 0 Å². The maximum Gasteiger partial charge on any atom is 0.0542 e. The summed E-state index contributed by atoms with van der Waals surface area (Å²) in [6.45, 7) is 0. The van der Waals surface area contributed by atoms with Gasteiger partial charge in [0.05, 0.1) is 22.1 Å². The molecule has 0 saturated carbocycles. The zero-order valence-electron chi connectivity index (χ0n) is 31.2. The minimum Gasteiger partial charge on any atom is -0.309 e. The van der Waals surface area contributed by atoms with E-state index < -0.39 is 10.0 Å². The van der Waals surface area contributed by atoms with E-state index in [1.54, 1.807) is 0 Å². The number of hydrogen-bond acceptors (Lipinski definition) is 0. The first kappa shape index (κ1) is 33.3. The van der Waals surface area contributed by atoms with Crippen LogP contribution < -0.4 is 0 Å². The van der Waals surface area contributed by atoms with Gasteiger partial charge >= 0.3 is 0 Å². The van der Waals surface area contributed by atoms with Gasteiger partial charge in [-0.3, -0.25) is 0 Å².